The Kier molecular flexibility index (Phi) is 1.60. The lowest BCUT2D eigenvalue weighted by Crippen LogP contribution is -2.25. The van der Waals surface area contributed by atoms with Crippen molar-refractivity contribution in [3.63, 3.8) is 0 Å². The highest BCUT2D eigenvalue weighted by Crippen LogP contribution is 2.49. The molecule has 0 aromatic carbocycles. The van der Waals surface area contributed by atoms with Gasteiger partial charge in [0.2, 0.25) is 0 Å². The highest BCUT2D eigenvalue weighted by atomic mass is 32.1. The van der Waals surface area contributed by atoms with Gasteiger partial charge in [-0.2, -0.15) is 12.6 Å². The molecule has 0 aromatic heterocycles. The van der Waals surface area contributed by atoms with E-state index in [1.165, 1.54) is 6.42 Å². The number of carbonyl (C=O) groups excluding carboxylic acids is 1. The van der Waals surface area contributed by atoms with Gasteiger partial charge in [-0.05, 0) is 25.2 Å². The molecule has 1 fully saturated rings. The molecule has 2 heteroatoms. The number of fused-ring (bicyclic) bond motifs is 2. The fourth-order valence-electron chi connectivity index (χ4n) is 2.25. The van der Waals surface area contributed by atoms with Crippen molar-refractivity contribution < 1.29 is 4.79 Å². The predicted molar refractivity (Wildman–Crippen MR) is 47.8 cm³/mol. The van der Waals surface area contributed by atoms with E-state index in [1.807, 2.05) is 0 Å². The van der Waals surface area contributed by atoms with Crippen LogP contribution < -0.4 is 0 Å². The lowest BCUT2D eigenvalue weighted by atomic mass is 9.84. The van der Waals surface area contributed by atoms with Crippen LogP contribution in [0, 0.1) is 11.3 Å². The van der Waals surface area contributed by atoms with E-state index in [4.69, 9.17) is 0 Å². The number of hydrogen-bond acceptors (Lipinski definition) is 2. The maximum atomic E-state index is 11.5. The van der Waals surface area contributed by atoms with Crippen molar-refractivity contribution in [2.24, 2.45) is 11.3 Å². The zero-order valence-corrected chi connectivity index (χ0v) is 7.31. The molecule has 0 heterocycles. The van der Waals surface area contributed by atoms with Crippen LogP contribution in [-0.2, 0) is 4.79 Å². The molecule has 0 aliphatic heterocycles. The number of Topliss-reactive ketones (excluding diaryl/α,β-unsaturated/α-hetero) is 1. The maximum absolute atomic E-state index is 11.5. The Bertz CT molecular complexity index is 222. The van der Waals surface area contributed by atoms with Crippen LogP contribution in [0.25, 0.3) is 0 Å². The van der Waals surface area contributed by atoms with Gasteiger partial charge in [-0.25, -0.2) is 0 Å². The minimum absolute atomic E-state index is 0.0770. The second-order valence-corrected chi connectivity index (χ2v) is 3.92. The average Bonchev–Trinajstić information content (AvgIpc) is 2.62. The molecule has 1 saturated carbocycles. The van der Waals surface area contributed by atoms with Crippen LogP contribution in [0.3, 0.4) is 0 Å². The summed E-state index contributed by atoms with van der Waals surface area (Å²) in [7, 11) is 0. The first-order valence-electron chi connectivity index (χ1n) is 4.10. The van der Waals surface area contributed by atoms with Crippen LogP contribution in [0.2, 0.25) is 0 Å². The van der Waals surface area contributed by atoms with Gasteiger partial charge in [0.05, 0.1) is 5.75 Å². The summed E-state index contributed by atoms with van der Waals surface area (Å²) >= 11 is 4.03. The Morgan fingerprint density at radius 3 is 2.91 bits per heavy atom. The van der Waals surface area contributed by atoms with Crippen LogP contribution in [0.4, 0.5) is 0 Å². The van der Waals surface area contributed by atoms with Gasteiger partial charge in [0.25, 0.3) is 0 Å². The number of ketones is 1. The fraction of sp³-hybridized carbons (Fsp3) is 0.667. The van der Waals surface area contributed by atoms with Crippen LogP contribution in [0.5, 0.6) is 0 Å². The molecule has 2 unspecified atom stereocenters. The zero-order valence-electron chi connectivity index (χ0n) is 6.42. The van der Waals surface area contributed by atoms with E-state index in [-0.39, 0.29) is 5.41 Å². The third-order valence-electron chi connectivity index (χ3n) is 2.97. The molecule has 11 heavy (non-hydrogen) atoms. The normalized spacial score (nSPS) is 39.9. The molecule has 60 valence electrons. The summed E-state index contributed by atoms with van der Waals surface area (Å²) < 4.78 is 0. The molecule has 0 saturated heterocycles. The third kappa shape index (κ3) is 0.959. The fourth-order valence-corrected chi connectivity index (χ4v) is 2.57. The second-order valence-electron chi connectivity index (χ2n) is 3.60. The first kappa shape index (κ1) is 7.41. The molecule has 2 bridgehead atoms. The molecule has 0 aromatic rings. The van der Waals surface area contributed by atoms with Crippen LogP contribution in [-0.4, -0.2) is 11.5 Å². The molecule has 2 aliphatic rings. The van der Waals surface area contributed by atoms with Gasteiger partial charge in [0, 0.05) is 5.41 Å². The van der Waals surface area contributed by atoms with E-state index in [0.717, 1.165) is 12.8 Å². The molecule has 2 aliphatic carbocycles. The Balaban J connectivity index is 2.23. The van der Waals surface area contributed by atoms with Crippen molar-refractivity contribution >= 4 is 18.4 Å². The Morgan fingerprint density at radius 2 is 2.55 bits per heavy atom. The topological polar surface area (TPSA) is 17.1 Å². The smallest absolute Gasteiger partial charge is 0.152 e. The lowest BCUT2D eigenvalue weighted by molar-refractivity contribution is -0.123. The van der Waals surface area contributed by atoms with Crippen molar-refractivity contribution in [1.29, 1.82) is 0 Å². The van der Waals surface area contributed by atoms with Crippen LogP contribution >= 0.6 is 12.6 Å². The monoisotopic (exact) mass is 168 g/mol. The Morgan fingerprint density at radius 1 is 1.73 bits per heavy atom. The predicted octanol–water partition coefficient (Wildman–Crippen LogP) is 1.84. The molecule has 2 atom stereocenters. The minimum Gasteiger partial charge on any atom is -0.298 e. The number of hydrogen-bond donors (Lipinski definition) is 1. The summed E-state index contributed by atoms with van der Waals surface area (Å²) in [6.45, 7) is 0. The van der Waals surface area contributed by atoms with Crippen molar-refractivity contribution in [3.8, 4) is 0 Å². The van der Waals surface area contributed by atoms with Gasteiger partial charge in [-0.15, -0.1) is 0 Å². The molecule has 1 nitrogen and oxygen atoms in total. The van der Waals surface area contributed by atoms with Gasteiger partial charge >= 0.3 is 0 Å². The zero-order chi connectivity index (χ0) is 7.90. The SMILES string of the molecule is O=C(CS)C12C=CC(CC1)C2. The van der Waals surface area contributed by atoms with Crippen molar-refractivity contribution in [3.05, 3.63) is 12.2 Å². The maximum Gasteiger partial charge on any atom is 0.152 e. The van der Waals surface area contributed by atoms with Gasteiger partial charge in [0.15, 0.2) is 5.78 Å². The molecule has 2 rings (SSSR count). The van der Waals surface area contributed by atoms with Crippen LogP contribution in [0.15, 0.2) is 12.2 Å². The molecular formula is C9H12OS. The number of carbonyl (C=O) groups is 1. The summed E-state index contributed by atoms with van der Waals surface area (Å²) in [6, 6.07) is 0. The van der Waals surface area contributed by atoms with E-state index in [9.17, 15) is 4.79 Å². The highest BCUT2D eigenvalue weighted by Gasteiger charge is 2.45. The van der Waals surface area contributed by atoms with Gasteiger partial charge < -0.3 is 0 Å². The summed E-state index contributed by atoms with van der Waals surface area (Å²) in [5, 5.41) is 0. The Labute approximate surface area is 72.3 Å². The van der Waals surface area contributed by atoms with E-state index in [1.54, 1.807) is 0 Å². The van der Waals surface area contributed by atoms with Crippen molar-refractivity contribution in [2.75, 3.05) is 5.75 Å². The Hall–Kier alpha value is -0.240. The highest BCUT2D eigenvalue weighted by molar-refractivity contribution is 7.81. The van der Waals surface area contributed by atoms with Gasteiger partial charge in [0.1, 0.15) is 0 Å². The molecule has 0 amide bonds. The molecule has 0 spiro atoms. The summed E-state index contributed by atoms with van der Waals surface area (Å²) in [5.74, 6) is 1.41. The van der Waals surface area contributed by atoms with Gasteiger partial charge in [-0.3, -0.25) is 4.79 Å². The van der Waals surface area contributed by atoms with E-state index >= 15 is 0 Å². The first-order valence-corrected chi connectivity index (χ1v) is 4.74. The standard InChI is InChI=1S/C9H12OS/c10-8(6-11)9-3-1-7(5-9)2-4-9/h1,3,7,11H,2,4-6H2. The number of rotatable bonds is 2. The quantitative estimate of drug-likeness (QED) is 0.492. The largest absolute Gasteiger partial charge is 0.298 e. The first-order chi connectivity index (χ1) is 5.27. The summed E-state index contributed by atoms with van der Waals surface area (Å²) in [4.78, 5) is 11.5. The summed E-state index contributed by atoms with van der Waals surface area (Å²) in [6.07, 6.45) is 7.64. The van der Waals surface area contributed by atoms with Crippen molar-refractivity contribution in [2.45, 2.75) is 19.3 Å². The van der Waals surface area contributed by atoms with E-state index < -0.39 is 0 Å². The lowest BCUT2D eigenvalue weighted by Gasteiger charge is -2.19. The molecule has 0 radical (unpaired) electrons. The molecular weight excluding hydrogens is 156 g/mol. The number of allylic oxidation sites excluding steroid dienone is 2. The third-order valence-corrected chi connectivity index (χ3v) is 3.26. The second kappa shape index (κ2) is 2.37. The van der Waals surface area contributed by atoms with Gasteiger partial charge in [-0.1, -0.05) is 12.2 Å². The van der Waals surface area contributed by atoms with Crippen LogP contribution in [0.1, 0.15) is 19.3 Å². The summed E-state index contributed by atoms with van der Waals surface area (Å²) in [5.41, 5.74) is -0.0770. The average molecular weight is 168 g/mol. The number of thiol groups is 1. The minimum atomic E-state index is -0.0770. The van der Waals surface area contributed by atoms with E-state index in [2.05, 4.69) is 24.8 Å². The van der Waals surface area contributed by atoms with E-state index in [0.29, 0.717) is 17.5 Å². The molecule has 0 N–H and O–H groups in total. The van der Waals surface area contributed by atoms with Crippen molar-refractivity contribution in [1.82, 2.24) is 0 Å².